The Morgan fingerprint density at radius 3 is 2.50 bits per heavy atom. The van der Waals surface area contributed by atoms with Gasteiger partial charge in [0.25, 0.3) is 5.91 Å². The summed E-state index contributed by atoms with van der Waals surface area (Å²) in [4.78, 5) is 16.9. The second kappa shape index (κ2) is 8.95. The molecule has 1 N–H and O–H groups in total. The first-order valence-corrected chi connectivity index (χ1v) is 9.67. The molecule has 146 valence electrons. The molecule has 0 bridgehead atoms. The number of hydrogen-bond donors (Lipinski definition) is 1. The maximum Gasteiger partial charge on any atom is 0.266 e. The number of benzene rings is 2. The fourth-order valence-electron chi connectivity index (χ4n) is 2.45. The summed E-state index contributed by atoms with van der Waals surface area (Å²) in [5, 5.41) is 5.69. The summed E-state index contributed by atoms with van der Waals surface area (Å²) in [6.45, 7) is 1.67. The Balaban J connectivity index is 1.70. The molecule has 0 aliphatic rings. The monoisotopic (exact) mass is 418 g/mol. The molecule has 0 aliphatic heterocycles. The number of hydrogen-bond acceptors (Lipinski definition) is 6. The average molecular weight is 419 g/mol. The number of amides is 1. The molecular formula is C20H19ClN2O4S. The Morgan fingerprint density at radius 2 is 1.82 bits per heavy atom. The van der Waals surface area contributed by atoms with Gasteiger partial charge >= 0.3 is 0 Å². The SMILES string of the molecule is COc1ccc(OC)c(-c2csc(NC(=O)[C@H](C)Oc3ccc(Cl)cc3)n2)c1. The largest absolute Gasteiger partial charge is 0.497 e. The van der Waals surface area contributed by atoms with E-state index >= 15 is 0 Å². The number of carbonyl (C=O) groups is 1. The van der Waals surface area contributed by atoms with Gasteiger partial charge in [-0.15, -0.1) is 11.3 Å². The third-order valence-electron chi connectivity index (χ3n) is 3.91. The van der Waals surface area contributed by atoms with Gasteiger partial charge in [0.1, 0.15) is 17.2 Å². The van der Waals surface area contributed by atoms with Gasteiger partial charge < -0.3 is 14.2 Å². The predicted octanol–water partition coefficient (Wildman–Crippen LogP) is 4.89. The first-order valence-electron chi connectivity index (χ1n) is 8.41. The molecule has 28 heavy (non-hydrogen) atoms. The highest BCUT2D eigenvalue weighted by molar-refractivity contribution is 7.14. The zero-order chi connectivity index (χ0) is 20.1. The van der Waals surface area contributed by atoms with E-state index in [0.29, 0.717) is 33.1 Å². The van der Waals surface area contributed by atoms with E-state index in [-0.39, 0.29) is 5.91 Å². The van der Waals surface area contributed by atoms with E-state index in [0.717, 1.165) is 5.56 Å². The van der Waals surface area contributed by atoms with Gasteiger partial charge in [0.05, 0.1) is 19.9 Å². The molecule has 0 fully saturated rings. The Kier molecular flexibility index (Phi) is 6.38. The van der Waals surface area contributed by atoms with Crippen LogP contribution in [0.4, 0.5) is 5.13 Å². The number of thiazole rings is 1. The molecule has 1 amide bonds. The fraction of sp³-hybridized carbons (Fsp3) is 0.200. The Bertz CT molecular complexity index is 959. The van der Waals surface area contributed by atoms with E-state index in [1.807, 2.05) is 23.6 Å². The standard InChI is InChI=1S/C20H19ClN2O4S/c1-12(27-14-6-4-13(21)5-7-14)19(24)23-20-22-17(11-28-20)16-10-15(25-2)8-9-18(16)26-3/h4-12H,1-3H3,(H,22,23,24)/t12-/m0/s1. The summed E-state index contributed by atoms with van der Waals surface area (Å²) >= 11 is 7.17. The lowest BCUT2D eigenvalue weighted by molar-refractivity contribution is -0.122. The van der Waals surface area contributed by atoms with Crippen LogP contribution >= 0.6 is 22.9 Å². The lowest BCUT2D eigenvalue weighted by atomic mass is 10.1. The van der Waals surface area contributed by atoms with E-state index in [4.69, 9.17) is 25.8 Å². The van der Waals surface area contributed by atoms with E-state index in [1.165, 1.54) is 11.3 Å². The fourth-order valence-corrected chi connectivity index (χ4v) is 3.29. The molecule has 2 aromatic carbocycles. The number of nitrogens with zero attached hydrogens (tertiary/aromatic N) is 1. The van der Waals surface area contributed by atoms with E-state index in [2.05, 4.69) is 10.3 Å². The van der Waals surface area contributed by atoms with E-state index < -0.39 is 6.10 Å². The molecule has 3 rings (SSSR count). The van der Waals surface area contributed by atoms with Gasteiger partial charge in [-0.05, 0) is 49.4 Å². The van der Waals surface area contributed by atoms with Crippen molar-refractivity contribution in [2.24, 2.45) is 0 Å². The van der Waals surface area contributed by atoms with Crippen LogP contribution in [-0.2, 0) is 4.79 Å². The second-order valence-corrected chi connectivity index (χ2v) is 7.10. The summed E-state index contributed by atoms with van der Waals surface area (Å²) in [7, 11) is 3.19. The minimum Gasteiger partial charge on any atom is -0.497 e. The molecule has 0 saturated heterocycles. The molecule has 0 saturated carbocycles. The molecule has 1 atom stereocenters. The van der Waals surface area contributed by atoms with Gasteiger partial charge in [0, 0.05) is 16.0 Å². The molecule has 1 heterocycles. The first kappa shape index (κ1) is 20.0. The third-order valence-corrected chi connectivity index (χ3v) is 4.92. The number of halogens is 1. The predicted molar refractivity (Wildman–Crippen MR) is 111 cm³/mol. The van der Waals surface area contributed by atoms with Crippen molar-refractivity contribution < 1.29 is 19.0 Å². The number of carbonyl (C=O) groups excluding carboxylic acids is 1. The van der Waals surface area contributed by atoms with Crippen LogP contribution in [0.1, 0.15) is 6.92 Å². The van der Waals surface area contributed by atoms with Crippen molar-refractivity contribution in [2.75, 3.05) is 19.5 Å². The summed E-state index contributed by atoms with van der Waals surface area (Å²) in [5.74, 6) is 1.63. The highest BCUT2D eigenvalue weighted by Crippen LogP contribution is 2.35. The number of methoxy groups -OCH3 is 2. The highest BCUT2D eigenvalue weighted by Gasteiger charge is 2.18. The summed E-state index contributed by atoms with van der Waals surface area (Å²) in [5.41, 5.74) is 1.46. The van der Waals surface area contributed by atoms with Gasteiger partial charge in [0.15, 0.2) is 11.2 Å². The Hall–Kier alpha value is -2.77. The first-order chi connectivity index (χ1) is 13.5. The maximum atomic E-state index is 12.4. The van der Waals surface area contributed by atoms with Crippen LogP contribution in [0.5, 0.6) is 17.2 Å². The van der Waals surface area contributed by atoms with Gasteiger partial charge in [-0.1, -0.05) is 11.6 Å². The number of rotatable bonds is 7. The van der Waals surface area contributed by atoms with Gasteiger partial charge in [-0.25, -0.2) is 4.98 Å². The molecule has 1 aromatic heterocycles. The zero-order valence-electron chi connectivity index (χ0n) is 15.6. The van der Waals surface area contributed by atoms with Crippen molar-refractivity contribution in [3.63, 3.8) is 0 Å². The van der Waals surface area contributed by atoms with Crippen LogP contribution in [0.15, 0.2) is 47.8 Å². The van der Waals surface area contributed by atoms with Crippen LogP contribution in [-0.4, -0.2) is 31.2 Å². The second-order valence-electron chi connectivity index (χ2n) is 5.81. The molecule has 0 spiro atoms. The summed E-state index contributed by atoms with van der Waals surface area (Å²) < 4.78 is 16.3. The Morgan fingerprint density at radius 1 is 1.11 bits per heavy atom. The quantitative estimate of drug-likeness (QED) is 0.591. The Labute approximate surface area is 172 Å². The minimum absolute atomic E-state index is 0.298. The lowest BCUT2D eigenvalue weighted by Crippen LogP contribution is -2.30. The minimum atomic E-state index is -0.695. The van der Waals surface area contributed by atoms with Crippen LogP contribution in [0, 0.1) is 0 Å². The molecule has 0 radical (unpaired) electrons. The topological polar surface area (TPSA) is 69.7 Å². The molecule has 8 heteroatoms. The lowest BCUT2D eigenvalue weighted by Gasteiger charge is -2.13. The smallest absolute Gasteiger partial charge is 0.266 e. The molecule has 6 nitrogen and oxygen atoms in total. The van der Waals surface area contributed by atoms with Crippen LogP contribution in [0.25, 0.3) is 11.3 Å². The highest BCUT2D eigenvalue weighted by atomic mass is 35.5. The normalized spacial score (nSPS) is 11.6. The molecule has 3 aromatic rings. The molecular weight excluding hydrogens is 400 g/mol. The zero-order valence-corrected chi connectivity index (χ0v) is 17.1. The number of anilines is 1. The van der Waals surface area contributed by atoms with Gasteiger partial charge in [-0.3, -0.25) is 10.1 Å². The van der Waals surface area contributed by atoms with Gasteiger partial charge in [-0.2, -0.15) is 0 Å². The van der Waals surface area contributed by atoms with Gasteiger partial charge in [0.2, 0.25) is 0 Å². The van der Waals surface area contributed by atoms with E-state index in [1.54, 1.807) is 45.4 Å². The van der Waals surface area contributed by atoms with Crippen molar-refractivity contribution in [1.82, 2.24) is 4.98 Å². The van der Waals surface area contributed by atoms with Crippen LogP contribution in [0.2, 0.25) is 5.02 Å². The number of ether oxygens (including phenoxy) is 3. The van der Waals surface area contributed by atoms with Crippen LogP contribution in [0.3, 0.4) is 0 Å². The maximum absolute atomic E-state index is 12.4. The van der Waals surface area contributed by atoms with E-state index in [9.17, 15) is 4.79 Å². The number of nitrogens with one attached hydrogen (secondary N) is 1. The third kappa shape index (κ3) is 4.74. The van der Waals surface area contributed by atoms with Crippen molar-refractivity contribution in [1.29, 1.82) is 0 Å². The molecule has 0 unspecified atom stereocenters. The van der Waals surface area contributed by atoms with Crippen molar-refractivity contribution in [3.05, 3.63) is 52.9 Å². The summed E-state index contributed by atoms with van der Waals surface area (Å²) in [6.07, 6.45) is -0.695. The van der Waals surface area contributed by atoms with Crippen LogP contribution < -0.4 is 19.5 Å². The number of aromatic nitrogens is 1. The summed E-state index contributed by atoms with van der Waals surface area (Å²) in [6, 6.07) is 12.3. The van der Waals surface area contributed by atoms with Crippen molar-refractivity contribution >= 4 is 34.0 Å². The van der Waals surface area contributed by atoms with Crippen molar-refractivity contribution in [3.8, 4) is 28.5 Å². The van der Waals surface area contributed by atoms with Crippen molar-refractivity contribution in [2.45, 2.75) is 13.0 Å². The molecule has 0 aliphatic carbocycles. The average Bonchev–Trinajstić information content (AvgIpc) is 3.17.